The van der Waals surface area contributed by atoms with E-state index in [0.29, 0.717) is 12.5 Å². The van der Waals surface area contributed by atoms with E-state index in [4.69, 9.17) is 4.74 Å². The summed E-state index contributed by atoms with van der Waals surface area (Å²) in [5.74, 6) is 1.14. The molecule has 2 aromatic rings. The van der Waals surface area contributed by atoms with Crippen LogP contribution in [-0.2, 0) is 11.3 Å². The van der Waals surface area contributed by atoms with Gasteiger partial charge in [0.2, 0.25) is 0 Å². The van der Waals surface area contributed by atoms with E-state index < -0.39 is 0 Å². The molecule has 0 radical (unpaired) electrons. The highest BCUT2D eigenvalue weighted by Crippen LogP contribution is 2.34. The van der Waals surface area contributed by atoms with Crippen LogP contribution in [0.4, 0.5) is 4.39 Å². The summed E-state index contributed by atoms with van der Waals surface area (Å²) in [6, 6.07) is 6.52. The van der Waals surface area contributed by atoms with E-state index in [2.05, 4.69) is 23.9 Å². The minimum absolute atomic E-state index is 0.116. The summed E-state index contributed by atoms with van der Waals surface area (Å²) in [5.41, 5.74) is 0.907. The Morgan fingerprint density at radius 1 is 1.33 bits per heavy atom. The molecule has 3 rings (SSSR count). The van der Waals surface area contributed by atoms with Gasteiger partial charge < -0.3 is 4.74 Å². The molecule has 5 heteroatoms. The largest absolute Gasteiger partial charge is 0.376 e. The van der Waals surface area contributed by atoms with E-state index in [1.165, 1.54) is 12.1 Å². The Morgan fingerprint density at radius 2 is 2.10 bits per heavy atom. The fourth-order valence-corrected chi connectivity index (χ4v) is 2.93. The van der Waals surface area contributed by atoms with Crippen molar-refractivity contribution in [3.05, 3.63) is 47.8 Å². The van der Waals surface area contributed by atoms with E-state index in [-0.39, 0.29) is 11.4 Å². The van der Waals surface area contributed by atoms with Crippen molar-refractivity contribution in [1.29, 1.82) is 0 Å². The second-order valence-electron chi connectivity index (χ2n) is 6.20. The Morgan fingerprint density at radius 3 is 2.81 bits per heavy atom. The maximum Gasteiger partial charge on any atom is 0.138 e. The lowest BCUT2D eigenvalue weighted by Crippen LogP contribution is -2.34. The number of halogens is 1. The molecule has 1 aromatic carbocycles. The summed E-state index contributed by atoms with van der Waals surface area (Å²) in [7, 11) is 0. The van der Waals surface area contributed by atoms with E-state index >= 15 is 0 Å². The van der Waals surface area contributed by atoms with Crippen LogP contribution in [0.2, 0.25) is 0 Å². The number of nitrogens with zero attached hydrogens (tertiary/aromatic N) is 3. The molecule has 4 nitrogen and oxygen atoms in total. The van der Waals surface area contributed by atoms with Gasteiger partial charge in [-0.2, -0.15) is 5.10 Å². The molecule has 1 aliphatic heterocycles. The van der Waals surface area contributed by atoms with Crippen LogP contribution < -0.4 is 0 Å². The molecule has 1 aliphatic rings. The van der Waals surface area contributed by atoms with Crippen LogP contribution in [0.1, 0.15) is 44.0 Å². The van der Waals surface area contributed by atoms with Crippen LogP contribution in [0.5, 0.6) is 0 Å². The Kier molecular flexibility index (Phi) is 3.76. The van der Waals surface area contributed by atoms with E-state index in [0.717, 1.165) is 30.8 Å². The van der Waals surface area contributed by atoms with Crippen LogP contribution in [0.3, 0.4) is 0 Å². The van der Waals surface area contributed by atoms with Gasteiger partial charge in [0.05, 0.1) is 12.1 Å². The number of benzene rings is 1. The molecule has 1 fully saturated rings. The molecule has 0 unspecified atom stereocenters. The summed E-state index contributed by atoms with van der Waals surface area (Å²) in [6.07, 6.45) is 3.50. The van der Waals surface area contributed by atoms with E-state index in [1.807, 2.05) is 4.68 Å². The van der Waals surface area contributed by atoms with Crippen molar-refractivity contribution in [2.24, 2.45) is 0 Å². The summed E-state index contributed by atoms with van der Waals surface area (Å²) >= 11 is 0. The number of hydrogen-bond acceptors (Lipinski definition) is 3. The number of aromatic nitrogens is 3. The van der Waals surface area contributed by atoms with Gasteiger partial charge in [0, 0.05) is 12.5 Å². The molecule has 0 spiro atoms. The van der Waals surface area contributed by atoms with Gasteiger partial charge in [0.25, 0.3) is 0 Å². The van der Waals surface area contributed by atoms with Gasteiger partial charge >= 0.3 is 0 Å². The SMILES string of the molecule is CC1(C)C[C@H](c2ncnn2Cc2ccc(F)cc2)CCO1. The summed E-state index contributed by atoms with van der Waals surface area (Å²) in [6.45, 7) is 5.59. The second-order valence-corrected chi connectivity index (χ2v) is 6.20. The molecule has 21 heavy (non-hydrogen) atoms. The second kappa shape index (κ2) is 5.56. The maximum atomic E-state index is 13.0. The van der Waals surface area contributed by atoms with Gasteiger partial charge in [0.1, 0.15) is 18.0 Å². The first kappa shape index (κ1) is 14.2. The van der Waals surface area contributed by atoms with Gasteiger partial charge in [-0.25, -0.2) is 14.1 Å². The number of rotatable bonds is 3. The van der Waals surface area contributed by atoms with Crippen LogP contribution in [0.25, 0.3) is 0 Å². The highest BCUT2D eigenvalue weighted by atomic mass is 19.1. The number of ether oxygens (including phenoxy) is 1. The minimum Gasteiger partial charge on any atom is -0.376 e. The quantitative estimate of drug-likeness (QED) is 0.871. The molecule has 0 aliphatic carbocycles. The zero-order valence-electron chi connectivity index (χ0n) is 12.4. The van der Waals surface area contributed by atoms with Gasteiger partial charge in [-0.1, -0.05) is 12.1 Å². The maximum absolute atomic E-state index is 13.0. The molecular weight excluding hydrogens is 269 g/mol. The zero-order valence-corrected chi connectivity index (χ0v) is 12.4. The van der Waals surface area contributed by atoms with Gasteiger partial charge in [0.15, 0.2) is 0 Å². The summed E-state index contributed by atoms with van der Waals surface area (Å²) in [5, 5.41) is 4.33. The Hall–Kier alpha value is -1.75. The third-order valence-corrected chi connectivity index (χ3v) is 3.95. The van der Waals surface area contributed by atoms with Crippen molar-refractivity contribution in [2.45, 2.75) is 44.8 Å². The van der Waals surface area contributed by atoms with Crippen LogP contribution in [0, 0.1) is 5.82 Å². The predicted molar refractivity (Wildman–Crippen MR) is 77.5 cm³/mol. The standard InChI is InChI=1S/C16H20FN3O/c1-16(2)9-13(7-8-21-16)15-18-11-19-20(15)10-12-3-5-14(17)6-4-12/h3-6,11,13H,7-10H2,1-2H3/t13-/m1/s1. The molecule has 1 atom stereocenters. The van der Waals surface area contributed by atoms with Crippen LogP contribution in [-0.4, -0.2) is 27.0 Å². The zero-order chi connectivity index (χ0) is 14.9. The molecule has 112 valence electrons. The van der Waals surface area contributed by atoms with Crippen LogP contribution >= 0.6 is 0 Å². The Balaban J connectivity index is 1.79. The lowest BCUT2D eigenvalue weighted by Gasteiger charge is -2.35. The molecule has 1 aromatic heterocycles. The monoisotopic (exact) mass is 289 g/mol. The van der Waals surface area contributed by atoms with E-state index in [9.17, 15) is 4.39 Å². The summed E-state index contributed by atoms with van der Waals surface area (Å²) < 4.78 is 20.7. The minimum atomic E-state index is -0.219. The third-order valence-electron chi connectivity index (χ3n) is 3.95. The topological polar surface area (TPSA) is 39.9 Å². The molecule has 0 bridgehead atoms. The van der Waals surface area contributed by atoms with Crippen molar-refractivity contribution in [3.8, 4) is 0 Å². The molecule has 0 N–H and O–H groups in total. The molecular formula is C16H20FN3O. The lowest BCUT2D eigenvalue weighted by atomic mass is 9.88. The van der Waals surface area contributed by atoms with Gasteiger partial charge in [-0.3, -0.25) is 0 Å². The first-order valence-corrected chi connectivity index (χ1v) is 7.30. The summed E-state index contributed by atoms with van der Waals surface area (Å²) in [4.78, 5) is 4.44. The number of hydrogen-bond donors (Lipinski definition) is 0. The van der Waals surface area contributed by atoms with Crippen molar-refractivity contribution >= 4 is 0 Å². The third kappa shape index (κ3) is 3.29. The lowest BCUT2D eigenvalue weighted by molar-refractivity contribution is -0.0607. The Bertz CT molecular complexity index is 606. The smallest absolute Gasteiger partial charge is 0.138 e. The molecule has 2 heterocycles. The van der Waals surface area contributed by atoms with Crippen molar-refractivity contribution < 1.29 is 9.13 Å². The molecule has 0 saturated carbocycles. The van der Waals surface area contributed by atoms with Crippen LogP contribution in [0.15, 0.2) is 30.6 Å². The fourth-order valence-electron chi connectivity index (χ4n) is 2.93. The first-order valence-electron chi connectivity index (χ1n) is 7.30. The molecule has 1 saturated heterocycles. The van der Waals surface area contributed by atoms with Crippen molar-refractivity contribution in [1.82, 2.24) is 14.8 Å². The predicted octanol–water partition coefficient (Wildman–Crippen LogP) is 3.14. The average Bonchev–Trinajstić information content (AvgIpc) is 2.88. The van der Waals surface area contributed by atoms with Gasteiger partial charge in [-0.05, 0) is 44.4 Å². The highest BCUT2D eigenvalue weighted by molar-refractivity contribution is 5.17. The Labute approximate surface area is 124 Å². The molecule has 0 amide bonds. The fraction of sp³-hybridized carbons (Fsp3) is 0.500. The van der Waals surface area contributed by atoms with E-state index in [1.54, 1.807) is 18.5 Å². The van der Waals surface area contributed by atoms with Gasteiger partial charge in [-0.15, -0.1) is 0 Å². The highest BCUT2D eigenvalue weighted by Gasteiger charge is 2.32. The van der Waals surface area contributed by atoms with Crippen molar-refractivity contribution in [3.63, 3.8) is 0 Å². The first-order chi connectivity index (χ1) is 10.0. The normalized spacial score (nSPS) is 21.4. The average molecular weight is 289 g/mol. The van der Waals surface area contributed by atoms with Crippen molar-refractivity contribution in [2.75, 3.05) is 6.61 Å².